The highest BCUT2D eigenvalue weighted by Crippen LogP contribution is 1.90. The number of rotatable bonds is 4. The van der Waals surface area contributed by atoms with Crippen LogP contribution in [0.1, 0.15) is 6.92 Å². The van der Waals surface area contributed by atoms with E-state index < -0.39 is 13.0 Å². The highest BCUT2D eigenvalue weighted by molar-refractivity contribution is 6.68. The van der Waals surface area contributed by atoms with Gasteiger partial charge in [-0.2, -0.15) is 5.10 Å². The Bertz CT molecular complexity index is 157. The molecule has 0 bridgehead atoms. The van der Waals surface area contributed by atoms with Crippen LogP contribution in [0.15, 0.2) is 17.3 Å². The van der Waals surface area contributed by atoms with Gasteiger partial charge in [0.2, 0.25) is 0 Å². The molecule has 0 aromatic carbocycles. The number of hydrogen-bond acceptors (Lipinski definition) is 2. The molecule has 0 saturated carbocycles. The summed E-state index contributed by atoms with van der Waals surface area (Å²) in [5.41, 5.74) is 2.12. The van der Waals surface area contributed by atoms with Crippen molar-refractivity contribution in [2.24, 2.45) is 5.10 Å². The zero-order chi connectivity index (χ0) is 8.69. The zero-order valence-electron chi connectivity index (χ0n) is 6.02. The molecule has 0 rings (SSSR count). The number of halogens is 3. The van der Waals surface area contributed by atoms with E-state index in [9.17, 15) is 8.78 Å². The number of nitrogens with zero attached hydrogens (tertiary/aromatic N) is 1. The van der Waals surface area contributed by atoms with Crippen LogP contribution in [0.2, 0.25) is 0 Å². The normalized spacial score (nSPS) is 13.0. The molecule has 0 radical (unpaired) electrons. The fourth-order valence-corrected chi connectivity index (χ4v) is 0.551. The third-order valence-corrected chi connectivity index (χ3v) is 0.946. The van der Waals surface area contributed by atoms with E-state index in [4.69, 9.17) is 11.6 Å². The molecule has 0 heterocycles. The average molecular weight is 183 g/mol. The lowest BCUT2D eigenvalue weighted by atomic mass is 10.6. The first kappa shape index (κ1) is 10.4. The van der Waals surface area contributed by atoms with Crippen LogP contribution in [0.5, 0.6) is 0 Å². The van der Waals surface area contributed by atoms with Crippen molar-refractivity contribution in [3.8, 4) is 0 Å². The second-order valence-corrected chi connectivity index (χ2v) is 2.08. The topological polar surface area (TPSA) is 24.4 Å². The fraction of sp³-hybridized carbons (Fsp3) is 0.500. The van der Waals surface area contributed by atoms with E-state index in [-0.39, 0.29) is 5.17 Å². The van der Waals surface area contributed by atoms with Gasteiger partial charge in [0, 0.05) is 0 Å². The Morgan fingerprint density at radius 3 is 2.82 bits per heavy atom. The van der Waals surface area contributed by atoms with Crippen molar-refractivity contribution in [1.82, 2.24) is 5.43 Å². The number of nitrogens with one attached hydrogen (secondary N) is 1. The smallest absolute Gasteiger partial charge is 0.257 e. The van der Waals surface area contributed by atoms with Crippen LogP contribution in [-0.2, 0) is 0 Å². The van der Waals surface area contributed by atoms with Crippen LogP contribution in [0.3, 0.4) is 0 Å². The molecule has 0 aromatic heterocycles. The first-order valence-electron chi connectivity index (χ1n) is 3.03. The average Bonchev–Trinajstić information content (AvgIpc) is 1.87. The Labute approximate surface area is 68.9 Å². The van der Waals surface area contributed by atoms with Gasteiger partial charge in [0.15, 0.2) is 0 Å². The van der Waals surface area contributed by atoms with Crippen molar-refractivity contribution >= 4 is 16.8 Å². The Balaban J connectivity index is 3.56. The molecular weight excluding hydrogens is 174 g/mol. The van der Waals surface area contributed by atoms with Gasteiger partial charge in [-0.25, -0.2) is 8.78 Å². The summed E-state index contributed by atoms with van der Waals surface area (Å²) < 4.78 is 23.0. The SMILES string of the molecule is C/C=C\C(Cl)=N/NCC(F)F. The second-order valence-electron chi connectivity index (χ2n) is 1.69. The maximum absolute atomic E-state index is 11.5. The van der Waals surface area contributed by atoms with E-state index in [1.165, 1.54) is 6.08 Å². The second kappa shape index (κ2) is 6.09. The van der Waals surface area contributed by atoms with Gasteiger partial charge < -0.3 is 5.43 Å². The van der Waals surface area contributed by atoms with E-state index >= 15 is 0 Å². The van der Waals surface area contributed by atoms with Crippen molar-refractivity contribution in [2.45, 2.75) is 13.3 Å². The molecule has 0 amide bonds. The third kappa shape index (κ3) is 7.25. The number of hydrogen-bond donors (Lipinski definition) is 1. The lowest BCUT2D eigenvalue weighted by molar-refractivity contribution is 0.147. The summed E-state index contributed by atoms with van der Waals surface area (Å²) in [4.78, 5) is 0. The van der Waals surface area contributed by atoms with Crippen LogP contribution in [-0.4, -0.2) is 18.1 Å². The molecule has 0 spiro atoms. The summed E-state index contributed by atoms with van der Waals surface area (Å²) in [6.45, 7) is 1.28. The first-order chi connectivity index (χ1) is 5.16. The Hall–Kier alpha value is -0.640. The van der Waals surface area contributed by atoms with E-state index in [1.807, 2.05) is 0 Å². The molecule has 0 atom stereocenters. The van der Waals surface area contributed by atoms with Gasteiger partial charge in [0.05, 0.1) is 6.54 Å². The maximum Gasteiger partial charge on any atom is 0.257 e. The maximum atomic E-state index is 11.5. The van der Waals surface area contributed by atoms with E-state index in [0.717, 1.165) is 0 Å². The fourth-order valence-electron chi connectivity index (χ4n) is 0.365. The van der Waals surface area contributed by atoms with Gasteiger partial charge in [-0.1, -0.05) is 17.7 Å². The molecule has 0 fully saturated rings. The van der Waals surface area contributed by atoms with Crippen molar-refractivity contribution in [3.05, 3.63) is 12.2 Å². The highest BCUT2D eigenvalue weighted by atomic mass is 35.5. The molecule has 0 aliphatic heterocycles. The molecular formula is C6H9ClF2N2. The van der Waals surface area contributed by atoms with Gasteiger partial charge in [0.1, 0.15) is 5.17 Å². The summed E-state index contributed by atoms with van der Waals surface area (Å²) in [5.74, 6) is 0. The van der Waals surface area contributed by atoms with Crippen LogP contribution < -0.4 is 5.43 Å². The third-order valence-electron chi connectivity index (χ3n) is 0.736. The number of allylic oxidation sites excluding steroid dienone is 2. The van der Waals surface area contributed by atoms with Gasteiger partial charge >= 0.3 is 0 Å². The summed E-state index contributed by atoms with van der Waals surface area (Å²) >= 11 is 5.42. The van der Waals surface area contributed by atoms with E-state index in [0.29, 0.717) is 0 Å². The van der Waals surface area contributed by atoms with Crippen molar-refractivity contribution in [2.75, 3.05) is 6.54 Å². The van der Waals surface area contributed by atoms with Crippen LogP contribution in [0.25, 0.3) is 0 Å². The van der Waals surface area contributed by atoms with Gasteiger partial charge in [0.25, 0.3) is 6.43 Å². The monoisotopic (exact) mass is 182 g/mol. The summed E-state index contributed by atoms with van der Waals surface area (Å²) in [6, 6.07) is 0. The molecule has 2 nitrogen and oxygen atoms in total. The van der Waals surface area contributed by atoms with Crippen LogP contribution in [0.4, 0.5) is 8.78 Å². The predicted octanol–water partition coefficient (Wildman–Crippen LogP) is 1.97. The van der Waals surface area contributed by atoms with Gasteiger partial charge in [-0.05, 0) is 13.0 Å². The summed E-state index contributed by atoms with van der Waals surface area (Å²) in [7, 11) is 0. The standard InChI is InChI=1S/C6H9ClF2N2/c1-2-3-5(7)11-10-4-6(8)9/h2-3,6,10H,4H2,1H3/b3-2-,11-5+. The molecule has 64 valence electrons. The van der Waals surface area contributed by atoms with Crippen molar-refractivity contribution in [1.29, 1.82) is 0 Å². The molecule has 0 aliphatic rings. The first-order valence-corrected chi connectivity index (χ1v) is 3.41. The van der Waals surface area contributed by atoms with Gasteiger partial charge in [-0.15, -0.1) is 0 Å². The van der Waals surface area contributed by atoms with E-state index in [2.05, 4.69) is 10.5 Å². The minimum absolute atomic E-state index is 0.160. The van der Waals surface area contributed by atoms with Crippen molar-refractivity contribution < 1.29 is 8.78 Å². The van der Waals surface area contributed by atoms with Crippen molar-refractivity contribution in [3.63, 3.8) is 0 Å². The predicted molar refractivity (Wildman–Crippen MR) is 42.1 cm³/mol. The van der Waals surface area contributed by atoms with E-state index in [1.54, 1.807) is 13.0 Å². The molecule has 0 saturated heterocycles. The number of alkyl halides is 2. The summed E-state index contributed by atoms with van der Waals surface area (Å²) in [5, 5.41) is 3.58. The highest BCUT2D eigenvalue weighted by Gasteiger charge is 1.98. The van der Waals surface area contributed by atoms with Crippen LogP contribution >= 0.6 is 11.6 Å². The molecule has 0 unspecified atom stereocenters. The summed E-state index contributed by atoms with van der Waals surface area (Å²) in [6.07, 6.45) is 0.754. The zero-order valence-corrected chi connectivity index (χ0v) is 6.78. The minimum Gasteiger partial charge on any atom is -0.303 e. The molecule has 0 aromatic rings. The van der Waals surface area contributed by atoms with Crippen LogP contribution in [0, 0.1) is 0 Å². The quantitative estimate of drug-likeness (QED) is 0.522. The largest absolute Gasteiger partial charge is 0.303 e. The minimum atomic E-state index is -2.41. The molecule has 1 N–H and O–H groups in total. The lowest BCUT2D eigenvalue weighted by Crippen LogP contribution is -2.16. The molecule has 5 heteroatoms. The Morgan fingerprint density at radius 1 is 1.73 bits per heavy atom. The molecule has 11 heavy (non-hydrogen) atoms. The Morgan fingerprint density at radius 2 is 2.36 bits per heavy atom. The molecule has 0 aliphatic carbocycles. The number of hydrazone groups is 1. The van der Waals surface area contributed by atoms with Gasteiger partial charge in [-0.3, -0.25) is 0 Å². The Kier molecular flexibility index (Phi) is 5.74. The lowest BCUT2D eigenvalue weighted by Gasteiger charge is -1.97.